The van der Waals surface area contributed by atoms with E-state index < -0.39 is 6.17 Å². The molecule has 2 heterocycles. The van der Waals surface area contributed by atoms with E-state index in [0.29, 0.717) is 12.3 Å². The highest BCUT2D eigenvalue weighted by Gasteiger charge is 2.35. The SMILES string of the molecule is CC1CN2C(=N1)C(NC(=O)CCC1CCCCC1)N=C(c1ccccc1)c1ccccc12. The predicted molar refractivity (Wildman–Crippen MR) is 131 cm³/mol. The van der Waals surface area contributed by atoms with Gasteiger partial charge in [0.2, 0.25) is 5.91 Å². The van der Waals surface area contributed by atoms with E-state index in [1.54, 1.807) is 0 Å². The van der Waals surface area contributed by atoms with Crippen molar-refractivity contribution in [2.24, 2.45) is 15.9 Å². The Morgan fingerprint density at radius 3 is 2.56 bits per heavy atom. The third-order valence-corrected chi connectivity index (χ3v) is 6.88. The maximum absolute atomic E-state index is 13.0. The third kappa shape index (κ3) is 4.34. The van der Waals surface area contributed by atoms with Gasteiger partial charge >= 0.3 is 0 Å². The van der Waals surface area contributed by atoms with Gasteiger partial charge in [0.15, 0.2) is 6.17 Å². The molecule has 2 aliphatic heterocycles. The number of hydrogen-bond donors (Lipinski definition) is 1. The average molecular weight is 429 g/mol. The lowest BCUT2D eigenvalue weighted by Crippen LogP contribution is -2.45. The Morgan fingerprint density at radius 2 is 1.75 bits per heavy atom. The molecule has 1 aliphatic carbocycles. The Bertz CT molecular complexity index is 1020. The summed E-state index contributed by atoms with van der Waals surface area (Å²) in [6.07, 6.45) is 7.55. The number of rotatable bonds is 5. The van der Waals surface area contributed by atoms with E-state index in [-0.39, 0.29) is 11.9 Å². The van der Waals surface area contributed by atoms with Crippen molar-refractivity contribution < 1.29 is 4.79 Å². The van der Waals surface area contributed by atoms with Crippen molar-refractivity contribution in [3.8, 4) is 0 Å². The number of hydrogen-bond acceptors (Lipinski definition) is 4. The van der Waals surface area contributed by atoms with Crippen LogP contribution in [0.5, 0.6) is 0 Å². The van der Waals surface area contributed by atoms with Crippen LogP contribution in [0.4, 0.5) is 5.69 Å². The highest BCUT2D eigenvalue weighted by molar-refractivity contribution is 6.21. The summed E-state index contributed by atoms with van der Waals surface area (Å²) in [4.78, 5) is 25.3. The van der Waals surface area contributed by atoms with Crippen molar-refractivity contribution in [2.75, 3.05) is 11.4 Å². The van der Waals surface area contributed by atoms with Crippen LogP contribution in [0.2, 0.25) is 0 Å². The molecular weight excluding hydrogens is 396 g/mol. The summed E-state index contributed by atoms with van der Waals surface area (Å²) < 4.78 is 0. The smallest absolute Gasteiger partial charge is 0.221 e. The Kier molecular flexibility index (Phi) is 6.06. The maximum atomic E-state index is 13.0. The van der Waals surface area contributed by atoms with E-state index in [4.69, 9.17) is 9.98 Å². The zero-order valence-electron chi connectivity index (χ0n) is 18.8. The Labute approximate surface area is 190 Å². The minimum Gasteiger partial charge on any atom is -0.328 e. The summed E-state index contributed by atoms with van der Waals surface area (Å²) in [5, 5.41) is 3.23. The van der Waals surface area contributed by atoms with Crippen molar-refractivity contribution in [1.29, 1.82) is 0 Å². The number of para-hydroxylation sites is 1. The van der Waals surface area contributed by atoms with Crippen molar-refractivity contribution in [3.05, 3.63) is 65.7 Å². The first-order valence-corrected chi connectivity index (χ1v) is 12.1. The van der Waals surface area contributed by atoms with E-state index in [1.807, 2.05) is 18.2 Å². The number of nitrogens with zero attached hydrogens (tertiary/aromatic N) is 3. The van der Waals surface area contributed by atoms with Gasteiger partial charge in [-0.05, 0) is 25.3 Å². The zero-order chi connectivity index (χ0) is 21.9. The highest BCUT2D eigenvalue weighted by Crippen LogP contribution is 2.32. The number of aliphatic imine (C=N–C) groups is 2. The van der Waals surface area contributed by atoms with Gasteiger partial charge in [-0.2, -0.15) is 0 Å². The molecule has 166 valence electrons. The van der Waals surface area contributed by atoms with Gasteiger partial charge in [-0.1, -0.05) is 80.6 Å². The summed E-state index contributed by atoms with van der Waals surface area (Å²) in [6, 6.07) is 18.8. The molecule has 1 saturated carbocycles. The second-order valence-electron chi connectivity index (χ2n) is 9.32. The maximum Gasteiger partial charge on any atom is 0.221 e. The normalized spacial score (nSPS) is 23.0. The molecule has 5 rings (SSSR count). The molecule has 2 aromatic carbocycles. The molecular formula is C27H32N4O. The van der Waals surface area contributed by atoms with Gasteiger partial charge in [-0.25, -0.2) is 0 Å². The first-order valence-electron chi connectivity index (χ1n) is 12.1. The van der Waals surface area contributed by atoms with Crippen LogP contribution in [0.3, 0.4) is 0 Å². The molecule has 2 aromatic rings. The van der Waals surface area contributed by atoms with Crippen LogP contribution in [0, 0.1) is 5.92 Å². The summed E-state index contributed by atoms with van der Waals surface area (Å²) in [5.74, 6) is 1.61. The first kappa shape index (κ1) is 20.9. The molecule has 0 radical (unpaired) electrons. The number of anilines is 1. The topological polar surface area (TPSA) is 57.1 Å². The van der Waals surface area contributed by atoms with Gasteiger partial charge in [0, 0.05) is 24.1 Å². The quantitative estimate of drug-likeness (QED) is 0.733. The number of amides is 1. The van der Waals surface area contributed by atoms with E-state index in [9.17, 15) is 4.79 Å². The largest absolute Gasteiger partial charge is 0.328 e. The second-order valence-corrected chi connectivity index (χ2v) is 9.32. The van der Waals surface area contributed by atoms with Crippen molar-refractivity contribution in [1.82, 2.24) is 5.32 Å². The second kappa shape index (κ2) is 9.27. The molecule has 32 heavy (non-hydrogen) atoms. The number of amidine groups is 1. The van der Waals surface area contributed by atoms with Crippen LogP contribution < -0.4 is 10.2 Å². The molecule has 1 amide bonds. The lowest BCUT2D eigenvalue weighted by atomic mass is 9.86. The summed E-state index contributed by atoms with van der Waals surface area (Å²) >= 11 is 0. The molecule has 1 N–H and O–H groups in total. The van der Waals surface area contributed by atoms with Gasteiger partial charge in [0.05, 0.1) is 17.4 Å². The number of carbonyl (C=O) groups excluding carboxylic acids is 1. The first-order chi connectivity index (χ1) is 15.7. The van der Waals surface area contributed by atoms with Gasteiger partial charge in [-0.3, -0.25) is 14.8 Å². The Morgan fingerprint density at radius 1 is 1.00 bits per heavy atom. The molecule has 5 nitrogen and oxygen atoms in total. The third-order valence-electron chi connectivity index (χ3n) is 6.88. The van der Waals surface area contributed by atoms with Gasteiger partial charge in [-0.15, -0.1) is 0 Å². The van der Waals surface area contributed by atoms with E-state index in [1.165, 1.54) is 32.1 Å². The fourth-order valence-electron chi connectivity index (χ4n) is 5.26. The van der Waals surface area contributed by atoms with Gasteiger partial charge < -0.3 is 10.2 Å². The molecule has 2 unspecified atom stereocenters. The molecule has 2 atom stereocenters. The van der Waals surface area contributed by atoms with E-state index in [2.05, 4.69) is 53.5 Å². The summed E-state index contributed by atoms with van der Waals surface area (Å²) in [5.41, 5.74) is 4.15. The van der Waals surface area contributed by atoms with Crippen LogP contribution in [0.25, 0.3) is 0 Å². The predicted octanol–water partition coefficient (Wildman–Crippen LogP) is 4.95. The van der Waals surface area contributed by atoms with Gasteiger partial charge in [0.25, 0.3) is 0 Å². The van der Waals surface area contributed by atoms with Crippen LogP contribution in [-0.2, 0) is 4.79 Å². The van der Waals surface area contributed by atoms with Crippen LogP contribution >= 0.6 is 0 Å². The standard InChI is InChI=1S/C27H32N4O/c1-19-18-31-23-15-9-8-14-22(23)25(21-12-6-3-7-13-21)30-26(27(31)28-19)29-24(32)17-16-20-10-4-2-5-11-20/h3,6-9,12-15,19-20,26H,2,4-5,10-11,16-18H2,1H3,(H,29,32). The Balaban J connectivity index is 1.45. The van der Waals surface area contributed by atoms with Crippen LogP contribution in [0.15, 0.2) is 64.6 Å². The minimum atomic E-state index is -0.471. The van der Waals surface area contributed by atoms with Crippen molar-refractivity contribution in [3.63, 3.8) is 0 Å². The van der Waals surface area contributed by atoms with Crippen molar-refractivity contribution >= 4 is 23.1 Å². The number of benzene rings is 2. The van der Waals surface area contributed by atoms with Crippen LogP contribution in [0.1, 0.15) is 63.0 Å². The number of fused-ring (bicyclic) bond motifs is 3. The van der Waals surface area contributed by atoms with Gasteiger partial charge in [0.1, 0.15) is 5.84 Å². The lowest BCUT2D eigenvalue weighted by Gasteiger charge is -2.24. The summed E-state index contributed by atoms with van der Waals surface area (Å²) in [6.45, 7) is 2.92. The number of carbonyl (C=O) groups is 1. The summed E-state index contributed by atoms with van der Waals surface area (Å²) in [7, 11) is 0. The van der Waals surface area contributed by atoms with E-state index >= 15 is 0 Å². The average Bonchev–Trinajstić information content (AvgIpc) is 3.18. The monoisotopic (exact) mass is 428 g/mol. The molecule has 0 saturated heterocycles. The van der Waals surface area contributed by atoms with Crippen LogP contribution in [-0.4, -0.2) is 36.2 Å². The molecule has 1 fully saturated rings. The number of nitrogens with one attached hydrogen (secondary N) is 1. The molecule has 3 aliphatic rings. The fourth-order valence-corrected chi connectivity index (χ4v) is 5.26. The fraction of sp³-hybridized carbons (Fsp3) is 0.444. The van der Waals surface area contributed by atoms with Crippen molar-refractivity contribution in [2.45, 2.75) is 64.1 Å². The van der Waals surface area contributed by atoms with E-state index in [0.717, 1.165) is 41.3 Å². The minimum absolute atomic E-state index is 0.0740. The molecule has 5 heteroatoms. The molecule has 0 aromatic heterocycles. The lowest BCUT2D eigenvalue weighted by molar-refractivity contribution is -0.121. The zero-order valence-corrected chi connectivity index (χ0v) is 18.8. The Hall–Kier alpha value is -2.95. The highest BCUT2D eigenvalue weighted by atomic mass is 16.1. The molecule has 0 bridgehead atoms. The molecule has 0 spiro atoms.